The predicted molar refractivity (Wildman–Crippen MR) is 38.4 cm³/mol. The second kappa shape index (κ2) is 2.51. The number of carbonyl (C=O) groups is 1. The van der Waals surface area contributed by atoms with Gasteiger partial charge in [-0.1, -0.05) is 6.08 Å². The SMILES string of the molecule is C/C=C1\N=C(NC)NC1=O. The summed E-state index contributed by atoms with van der Waals surface area (Å²) in [5, 5.41) is 5.27. The van der Waals surface area contributed by atoms with Crippen molar-refractivity contribution in [3.63, 3.8) is 0 Å². The number of allylic oxidation sites excluding steroid dienone is 1. The molecule has 0 atom stereocenters. The third-order valence-corrected chi connectivity index (χ3v) is 1.21. The molecule has 54 valence electrons. The van der Waals surface area contributed by atoms with E-state index in [1.807, 2.05) is 0 Å². The first-order chi connectivity index (χ1) is 4.77. The second-order valence-electron chi connectivity index (χ2n) is 1.84. The smallest absolute Gasteiger partial charge is 0.276 e. The number of amides is 1. The fourth-order valence-electron chi connectivity index (χ4n) is 0.685. The van der Waals surface area contributed by atoms with Gasteiger partial charge in [0.15, 0.2) is 0 Å². The third-order valence-electron chi connectivity index (χ3n) is 1.21. The molecule has 1 heterocycles. The Bertz CT molecular complexity index is 217. The van der Waals surface area contributed by atoms with Crippen molar-refractivity contribution in [3.05, 3.63) is 11.8 Å². The molecule has 0 aromatic heterocycles. The minimum Gasteiger partial charge on any atom is -0.359 e. The molecule has 1 amide bonds. The van der Waals surface area contributed by atoms with Gasteiger partial charge in [0.25, 0.3) is 5.91 Å². The summed E-state index contributed by atoms with van der Waals surface area (Å²) in [5.74, 6) is 0.366. The van der Waals surface area contributed by atoms with E-state index in [0.717, 1.165) is 0 Å². The van der Waals surface area contributed by atoms with Crippen molar-refractivity contribution in [2.45, 2.75) is 6.92 Å². The Balaban J connectivity index is 2.81. The summed E-state index contributed by atoms with van der Waals surface area (Å²) in [7, 11) is 1.71. The predicted octanol–water partition coefficient (Wildman–Crippen LogP) is -0.405. The van der Waals surface area contributed by atoms with E-state index >= 15 is 0 Å². The lowest BCUT2D eigenvalue weighted by Gasteiger charge is -1.93. The Morgan fingerprint density at radius 1 is 1.70 bits per heavy atom. The van der Waals surface area contributed by atoms with Crippen molar-refractivity contribution in [2.75, 3.05) is 7.05 Å². The van der Waals surface area contributed by atoms with E-state index in [1.54, 1.807) is 20.0 Å². The summed E-state index contributed by atoms with van der Waals surface area (Å²) in [5.41, 5.74) is 0.462. The van der Waals surface area contributed by atoms with Crippen molar-refractivity contribution in [1.82, 2.24) is 10.6 Å². The number of hydrogen-bond donors (Lipinski definition) is 2. The number of hydrogen-bond acceptors (Lipinski definition) is 3. The largest absolute Gasteiger partial charge is 0.359 e. The molecule has 0 spiro atoms. The second-order valence-corrected chi connectivity index (χ2v) is 1.84. The average Bonchev–Trinajstić information content (AvgIpc) is 2.30. The first kappa shape index (κ1) is 6.80. The van der Waals surface area contributed by atoms with Crippen LogP contribution in [0.5, 0.6) is 0 Å². The monoisotopic (exact) mass is 139 g/mol. The maximum absolute atomic E-state index is 10.8. The molecule has 1 rings (SSSR count). The summed E-state index contributed by atoms with van der Waals surface area (Å²) >= 11 is 0. The number of aliphatic imine (C=N–C) groups is 1. The first-order valence-corrected chi connectivity index (χ1v) is 3.02. The summed E-state index contributed by atoms with van der Waals surface area (Å²) < 4.78 is 0. The molecular formula is C6H9N3O. The number of rotatable bonds is 0. The van der Waals surface area contributed by atoms with Crippen LogP contribution in [-0.4, -0.2) is 18.9 Å². The highest BCUT2D eigenvalue weighted by atomic mass is 16.2. The lowest BCUT2D eigenvalue weighted by molar-refractivity contribution is -0.115. The lowest BCUT2D eigenvalue weighted by Crippen LogP contribution is -2.33. The van der Waals surface area contributed by atoms with E-state index in [9.17, 15) is 4.79 Å². The molecule has 0 radical (unpaired) electrons. The van der Waals surface area contributed by atoms with Gasteiger partial charge in [-0.05, 0) is 6.92 Å². The van der Waals surface area contributed by atoms with Crippen molar-refractivity contribution in [2.24, 2.45) is 4.99 Å². The van der Waals surface area contributed by atoms with Crippen LogP contribution in [-0.2, 0) is 4.79 Å². The molecule has 10 heavy (non-hydrogen) atoms. The highest BCUT2D eigenvalue weighted by Gasteiger charge is 2.16. The molecule has 0 aromatic carbocycles. The fraction of sp³-hybridized carbons (Fsp3) is 0.333. The van der Waals surface area contributed by atoms with Gasteiger partial charge in [-0.25, -0.2) is 4.99 Å². The summed E-state index contributed by atoms with van der Waals surface area (Å²) in [6.45, 7) is 1.77. The molecule has 1 aliphatic heterocycles. The van der Waals surface area contributed by atoms with Crippen molar-refractivity contribution < 1.29 is 4.79 Å². The van der Waals surface area contributed by atoms with Crippen LogP contribution in [0.1, 0.15) is 6.92 Å². The zero-order valence-electron chi connectivity index (χ0n) is 5.93. The van der Waals surface area contributed by atoms with Gasteiger partial charge < -0.3 is 5.32 Å². The molecule has 0 aromatic rings. The van der Waals surface area contributed by atoms with Gasteiger partial charge in [-0.2, -0.15) is 0 Å². The Morgan fingerprint density at radius 3 is 2.70 bits per heavy atom. The first-order valence-electron chi connectivity index (χ1n) is 3.02. The Labute approximate surface area is 59.0 Å². The number of nitrogens with one attached hydrogen (secondary N) is 2. The molecule has 0 fully saturated rings. The molecule has 0 aliphatic carbocycles. The summed E-state index contributed by atoms with van der Waals surface area (Å²) in [6.07, 6.45) is 1.67. The van der Waals surface area contributed by atoms with Crippen LogP contribution in [0.2, 0.25) is 0 Å². The van der Waals surface area contributed by atoms with E-state index in [0.29, 0.717) is 11.7 Å². The molecule has 1 aliphatic rings. The molecule has 0 saturated carbocycles. The topological polar surface area (TPSA) is 53.5 Å². The zero-order valence-corrected chi connectivity index (χ0v) is 5.93. The van der Waals surface area contributed by atoms with Crippen LogP contribution >= 0.6 is 0 Å². The molecule has 4 heteroatoms. The summed E-state index contributed by atoms with van der Waals surface area (Å²) in [6, 6.07) is 0. The average molecular weight is 139 g/mol. The van der Waals surface area contributed by atoms with E-state index in [4.69, 9.17) is 0 Å². The van der Waals surface area contributed by atoms with E-state index < -0.39 is 0 Å². The minimum atomic E-state index is -0.146. The van der Waals surface area contributed by atoms with Gasteiger partial charge >= 0.3 is 0 Å². The van der Waals surface area contributed by atoms with Gasteiger partial charge in [0.2, 0.25) is 5.96 Å². The van der Waals surface area contributed by atoms with E-state index in [2.05, 4.69) is 15.6 Å². The van der Waals surface area contributed by atoms with Crippen LogP contribution in [0.3, 0.4) is 0 Å². The van der Waals surface area contributed by atoms with Crippen molar-refractivity contribution in [1.29, 1.82) is 0 Å². The van der Waals surface area contributed by atoms with Crippen LogP contribution in [0, 0.1) is 0 Å². The van der Waals surface area contributed by atoms with Gasteiger partial charge in [0.05, 0.1) is 0 Å². The molecule has 4 nitrogen and oxygen atoms in total. The van der Waals surface area contributed by atoms with Gasteiger partial charge in [0.1, 0.15) is 5.70 Å². The maximum atomic E-state index is 10.8. The highest BCUT2D eigenvalue weighted by Crippen LogP contribution is 2.01. The highest BCUT2D eigenvalue weighted by molar-refractivity contribution is 6.11. The summed E-state index contributed by atoms with van der Waals surface area (Å²) in [4.78, 5) is 14.8. The zero-order chi connectivity index (χ0) is 7.56. The molecule has 2 N–H and O–H groups in total. The maximum Gasteiger partial charge on any atom is 0.276 e. The fourth-order valence-corrected chi connectivity index (χ4v) is 0.685. The Morgan fingerprint density at radius 2 is 2.40 bits per heavy atom. The van der Waals surface area contributed by atoms with Gasteiger partial charge in [0, 0.05) is 7.05 Å². The Hall–Kier alpha value is -1.32. The quantitative estimate of drug-likeness (QED) is 0.448. The standard InChI is InChI=1S/C6H9N3O/c1-3-4-5(10)9-6(7-2)8-4/h3H,1-2H3,(H2,7,8,9,10)/b4-3-. The van der Waals surface area contributed by atoms with Crippen LogP contribution in [0.4, 0.5) is 0 Å². The van der Waals surface area contributed by atoms with E-state index in [1.165, 1.54) is 0 Å². The third kappa shape index (κ3) is 1.00. The van der Waals surface area contributed by atoms with E-state index in [-0.39, 0.29) is 5.91 Å². The normalized spacial score (nSPS) is 20.8. The molecule has 0 saturated heterocycles. The molecule has 0 unspecified atom stereocenters. The molecular weight excluding hydrogens is 130 g/mol. The van der Waals surface area contributed by atoms with Crippen molar-refractivity contribution in [3.8, 4) is 0 Å². The lowest BCUT2D eigenvalue weighted by atomic mass is 10.4. The number of nitrogens with zero attached hydrogens (tertiary/aromatic N) is 1. The van der Waals surface area contributed by atoms with Gasteiger partial charge in [-0.15, -0.1) is 0 Å². The van der Waals surface area contributed by atoms with Crippen LogP contribution < -0.4 is 10.6 Å². The Kier molecular flexibility index (Phi) is 1.71. The van der Waals surface area contributed by atoms with Crippen LogP contribution in [0.15, 0.2) is 16.8 Å². The van der Waals surface area contributed by atoms with Gasteiger partial charge in [-0.3, -0.25) is 10.1 Å². The molecule has 0 bridgehead atoms. The van der Waals surface area contributed by atoms with Crippen LogP contribution in [0.25, 0.3) is 0 Å². The number of guanidine groups is 1. The number of carbonyl (C=O) groups excluding carboxylic acids is 1. The van der Waals surface area contributed by atoms with Crippen molar-refractivity contribution >= 4 is 11.9 Å². The minimum absolute atomic E-state index is 0.146.